The van der Waals surface area contributed by atoms with Crippen molar-refractivity contribution in [2.45, 2.75) is 31.4 Å². The highest BCUT2D eigenvalue weighted by atomic mass is 35.5. The van der Waals surface area contributed by atoms with Crippen molar-refractivity contribution >= 4 is 11.6 Å². The molecule has 0 aliphatic heterocycles. The van der Waals surface area contributed by atoms with E-state index < -0.39 is 11.5 Å². The molecule has 0 aliphatic rings. The van der Waals surface area contributed by atoms with Crippen LogP contribution in [-0.4, -0.2) is 31.4 Å². The van der Waals surface area contributed by atoms with E-state index in [2.05, 4.69) is 21.7 Å². The van der Waals surface area contributed by atoms with Crippen LogP contribution >= 0.6 is 11.6 Å². The van der Waals surface area contributed by atoms with E-state index in [4.69, 9.17) is 5.11 Å². The third-order valence-corrected chi connectivity index (χ3v) is 2.00. The molecule has 1 rings (SSSR count). The normalized spacial score (nSPS) is 14.4. The highest BCUT2D eigenvalue weighted by Crippen LogP contribution is 2.25. The molecular weight excluding hydrogens is 216 g/mol. The maximum absolute atomic E-state index is 12.4. The summed E-state index contributed by atoms with van der Waals surface area (Å²) in [5.41, 5.74) is 0. The Bertz CT molecular complexity index is 299. The molecule has 4 nitrogen and oxygen atoms in total. The summed E-state index contributed by atoms with van der Waals surface area (Å²) >= 11 is 4.66. The molecule has 0 aliphatic carbocycles. The van der Waals surface area contributed by atoms with Gasteiger partial charge in [0.25, 0.3) is 0 Å². The monoisotopic (exact) mass is 225 g/mol. The van der Waals surface area contributed by atoms with E-state index in [1.54, 1.807) is 6.92 Å². The maximum Gasteiger partial charge on any atom is 0.347 e. The number of aliphatic hydroxyl groups excluding tert-OH is 1. The number of hydrogen-bond acceptors (Lipinski definition) is 3. The van der Waals surface area contributed by atoms with Gasteiger partial charge in [0.15, 0.2) is 0 Å². The number of halogens is 3. The summed E-state index contributed by atoms with van der Waals surface area (Å²) in [7, 11) is 0. The first-order chi connectivity index (χ1) is 6.45. The summed E-state index contributed by atoms with van der Waals surface area (Å²) in [5.74, 6) is 0.292. The Morgan fingerprint density at radius 3 is 2.86 bits per heavy atom. The van der Waals surface area contributed by atoms with Crippen LogP contribution in [0.2, 0.25) is 0 Å². The van der Waals surface area contributed by atoms with Crippen LogP contribution in [0.25, 0.3) is 0 Å². The molecule has 1 aromatic heterocycles. The molecule has 0 fully saturated rings. The van der Waals surface area contributed by atoms with Gasteiger partial charge >= 0.3 is 5.38 Å². The van der Waals surface area contributed by atoms with E-state index >= 15 is 0 Å². The molecular formula is C7H10ClF2N3O. The van der Waals surface area contributed by atoms with Crippen LogP contribution in [0.4, 0.5) is 8.78 Å². The highest BCUT2D eigenvalue weighted by molar-refractivity contribution is 6.22. The molecule has 1 aromatic rings. The Labute approximate surface area is 84.5 Å². The average Bonchev–Trinajstić information content (AvgIpc) is 2.50. The molecule has 0 bridgehead atoms. The average molecular weight is 226 g/mol. The minimum absolute atomic E-state index is 0.292. The van der Waals surface area contributed by atoms with E-state index in [1.807, 2.05) is 0 Å². The molecule has 0 saturated heterocycles. The Morgan fingerprint density at radius 1 is 1.71 bits per heavy atom. The number of hydrogen-bond donors (Lipinski definition) is 1. The van der Waals surface area contributed by atoms with Crippen molar-refractivity contribution in [3.8, 4) is 0 Å². The van der Waals surface area contributed by atoms with Crippen LogP contribution in [-0.2, 0) is 13.0 Å². The fourth-order valence-electron chi connectivity index (χ4n) is 0.999. The van der Waals surface area contributed by atoms with Crippen molar-refractivity contribution < 1.29 is 13.9 Å². The lowest BCUT2D eigenvalue weighted by Crippen LogP contribution is -2.30. The smallest absolute Gasteiger partial charge is 0.347 e. The largest absolute Gasteiger partial charge is 0.385 e. The van der Waals surface area contributed by atoms with Crippen molar-refractivity contribution in [3.63, 3.8) is 0 Å². The third-order valence-electron chi connectivity index (χ3n) is 1.75. The molecule has 80 valence electrons. The molecule has 1 N–H and O–H groups in total. The number of aryl methyl sites for hydroxylation is 1. The molecule has 1 atom stereocenters. The molecule has 0 saturated carbocycles. The second kappa shape index (κ2) is 4.18. The molecule has 7 heteroatoms. The molecule has 14 heavy (non-hydrogen) atoms. The summed E-state index contributed by atoms with van der Waals surface area (Å²) in [6.07, 6.45) is -1.01. The van der Waals surface area contributed by atoms with Crippen LogP contribution in [0.1, 0.15) is 12.7 Å². The third kappa shape index (κ3) is 2.62. The van der Waals surface area contributed by atoms with Gasteiger partial charge in [-0.25, -0.2) is 4.98 Å². The zero-order valence-corrected chi connectivity index (χ0v) is 8.25. The van der Waals surface area contributed by atoms with Gasteiger partial charge in [-0.05, 0) is 18.5 Å². The Kier molecular flexibility index (Phi) is 3.38. The van der Waals surface area contributed by atoms with Gasteiger partial charge in [0.05, 0.1) is 0 Å². The second-order valence-electron chi connectivity index (χ2n) is 2.75. The lowest BCUT2D eigenvalue weighted by Gasteiger charge is -2.15. The maximum atomic E-state index is 12.4. The van der Waals surface area contributed by atoms with Gasteiger partial charge in [0.2, 0.25) is 0 Å². The molecule has 0 radical (unpaired) electrons. The highest BCUT2D eigenvalue weighted by Gasteiger charge is 2.36. The van der Waals surface area contributed by atoms with Gasteiger partial charge in [-0.15, -0.1) is 0 Å². The fourth-order valence-corrected chi connectivity index (χ4v) is 1.08. The van der Waals surface area contributed by atoms with Gasteiger partial charge in [-0.3, -0.25) is 4.68 Å². The Hall–Kier alpha value is -0.750. The fraction of sp³-hybridized carbons (Fsp3) is 0.714. The van der Waals surface area contributed by atoms with E-state index in [1.165, 1.54) is 11.0 Å². The van der Waals surface area contributed by atoms with Gasteiger partial charge in [0.1, 0.15) is 18.3 Å². The first-order valence-electron chi connectivity index (χ1n) is 4.06. The topological polar surface area (TPSA) is 50.9 Å². The standard InChI is InChI=1S/C7H10ClF2N3O/c1-2-13-6(11-4-12-13)3-5(14)7(8,9)10/h4-5,14H,2-3H2,1H3. The summed E-state index contributed by atoms with van der Waals surface area (Å²) < 4.78 is 26.2. The van der Waals surface area contributed by atoms with Gasteiger partial charge in [-0.1, -0.05) is 0 Å². The number of aromatic nitrogens is 3. The predicted molar refractivity (Wildman–Crippen MR) is 46.2 cm³/mol. The lowest BCUT2D eigenvalue weighted by molar-refractivity contribution is -0.0410. The number of nitrogens with zero attached hydrogens (tertiary/aromatic N) is 3. The zero-order valence-electron chi connectivity index (χ0n) is 7.49. The zero-order chi connectivity index (χ0) is 10.8. The van der Waals surface area contributed by atoms with Crippen LogP contribution in [0, 0.1) is 0 Å². The lowest BCUT2D eigenvalue weighted by atomic mass is 10.2. The molecule has 0 amide bonds. The van der Waals surface area contributed by atoms with E-state index in [9.17, 15) is 8.78 Å². The number of rotatable bonds is 4. The number of aliphatic hydroxyl groups is 1. The Balaban J connectivity index is 2.69. The SMILES string of the molecule is CCn1ncnc1CC(O)C(F)(F)Cl. The predicted octanol–water partition coefficient (Wildman–Crippen LogP) is 1.03. The minimum atomic E-state index is -3.63. The van der Waals surface area contributed by atoms with Crippen LogP contribution in [0.3, 0.4) is 0 Å². The first kappa shape index (κ1) is 11.3. The summed E-state index contributed by atoms with van der Waals surface area (Å²) in [6, 6.07) is 0. The second-order valence-corrected chi connectivity index (χ2v) is 3.26. The van der Waals surface area contributed by atoms with Gasteiger partial charge < -0.3 is 5.11 Å². The molecule has 1 heterocycles. The van der Waals surface area contributed by atoms with Gasteiger partial charge in [0, 0.05) is 13.0 Å². The van der Waals surface area contributed by atoms with Crippen molar-refractivity contribution in [1.29, 1.82) is 0 Å². The van der Waals surface area contributed by atoms with Crippen molar-refractivity contribution in [2.75, 3.05) is 0 Å². The van der Waals surface area contributed by atoms with Crippen LogP contribution < -0.4 is 0 Å². The quantitative estimate of drug-likeness (QED) is 0.779. The molecule has 0 spiro atoms. The van der Waals surface area contributed by atoms with Gasteiger partial charge in [-0.2, -0.15) is 13.9 Å². The number of alkyl halides is 3. The van der Waals surface area contributed by atoms with Crippen molar-refractivity contribution in [2.24, 2.45) is 0 Å². The van der Waals surface area contributed by atoms with E-state index in [0.29, 0.717) is 12.4 Å². The van der Waals surface area contributed by atoms with Crippen molar-refractivity contribution in [3.05, 3.63) is 12.2 Å². The Morgan fingerprint density at radius 2 is 2.36 bits per heavy atom. The summed E-state index contributed by atoms with van der Waals surface area (Å²) in [5, 5.41) is 9.16. The van der Waals surface area contributed by atoms with E-state index in [-0.39, 0.29) is 6.42 Å². The van der Waals surface area contributed by atoms with Crippen molar-refractivity contribution in [1.82, 2.24) is 14.8 Å². The minimum Gasteiger partial charge on any atom is -0.385 e. The first-order valence-corrected chi connectivity index (χ1v) is 4.44. The van der Waals surface area contributed by atoms with Crippen LogP contribution in [0.5, 0.6) is 0 Å². The molecule has 0 aromatic carbocycles. The van der Waals surface area contributed by atoms with E-state index in [0.717, 1.165) is 0 Å². The summed E-state index contributed by atoms with van der Waals surface area (Å²) in [4.78, 5) is 3.74. The summed E-state index contributed by atoms with van der Waals surface area (Å²) in [6.45, 7) is 2.30. The van der Waals surface area contributed by atoms with Crippen LogP contribution in [0.15, 0.2) is 6.33 Å². The molecule has 1 unspecified atom stereocenters.